The first-order valence-corrected chi connectivity index (χ1v) is 10.0. The lowest BCUT2D eigenvalue weighted by atomic mass is 9.95. The molecular weight excluding hydrogens is 348 g/mol. The molecule has 26 heavy (non-hydrogen) atoms. The van der Waals surface area contributed by atoms with Crippen LogP contribution in [0.1, 0.15) is 81.9 Å². The van der Waals surface area contributed by atoms with E-state index in [-0.39, 0.29) is 17.2 Å². The van der Waals surface area contributed by atoms with Crippen molar-refractivity contribution in [3.05, 3.63) is 35.1 Å². The molecule has 1 aromatic rings. The third kappa shape index (κ3) is 7.73. The summed E-state index contributed by atoms with van der Waals surface area (Å²) >= 11 is 5.99. The summed E-state index contributed by atoms with van der Waals surface area (Å²) in [6, 6.07) is 2.14. The molecule has 5 nitrogen and oxygen atoms in total. The second-order valence-electron chi connectivity index (χ2n) is 5.94. The summed E-state index contributed by atoms with van der Waals surface area (Å²) in [5.41, 5.74) is 1.49. The van der Waals surface area contributed by atoms with E-state index in [0.717, 1.165) is 18.4 Å². The Morgan fingerprint density at radius 1 is 1.12 bits per heavy atom. The van der Waals surface area contributed by atoms with Crippen LogP contribution in [-0.4, -0.2) is 39.4 Å². The summed E-state index contributed by atoms with van der Waals surface area (Å²) in [6.45, 7) is 9.90. The molecule has 1 fully saturated rings. The van der Waals surface area contributed by atoms with Crippen LogP contribution >= 0.6 is 11.6 Å². The summed E-state index contributed by atoms with van der Waals surface area (Å²) in [5.74, 6) is -0.0391. The van der Waals surface area contributed by atoms with Crippen LogP contribution in [0.2, 0.25) is 5.28 Å². The van der Waals surface area contributed by atoms with Crippen LogP contribution in [0.5, 0.6) is 0 Å². The van der Waals surface area contributed by atoms with E-state index < -0.39 is 0 Å². The first-order chi connectivity index (χ1) is 12.5. The van der Waals surface area contributed by atoms with Crippen LogP contribution in [0.25, 0.3) is 0 Å². The molecule has 1 aromatic heterocycles. The molecule has 1 aliphatic rings. The van der Waals surface area contributed by atoms with Gasteiger partial charge in [-0.2, -0.15) is 0 Å². The summed E-state index contributed by atoms with van der Waals surface area (Å²) in [6.07, 6.45) is 9.01. The third-order valence-electron chi connectivity index (χ3n) is 3.90. The second-order valence-corrected chi connectivity index (χ2v) is 6.28. The lowest BCUT2D eigenvalue weighted by molar-refractivity contribution is 0.0811. The van der Waals surface area contributed by atoms with Crippen molar-refractivity contribution in [2.45, 2.75) is 72.8 Å². The highest BCUT2D eigenvalue weighted by Crippen LogP contribution is 2.28. The van der Waals surface area contributed by atoms with E-state index in [1.165, 1.54) is 19.3 Å². The normalized spacial score (nSPS) is 13.4. The van der Waals surface area contributed by atoms with Crippen molar-refractivity contribution in [2.75, 3.05) is 14.1 Å². The Labute approximate surface area is 164 Å². The van der Waals surface area contributed by atoms with Crippen molar-refractivity contribution in [3.8, 4) is 0 Å². The van der Waals surface area contributed by atoms with Crippen LogP contribution in [-0.2, 0) is 0 Å². The van der Waals surface area contributed by atoms with E-state index in [2.05, 4.69) is 9.97 Å². The zero-order valence-electron chi connectivity index (χ0n) is 17.4. The monoisotopic (exact) mass is 382 g/mol. The summed E-state index contributed by atoms with van der Waals surface area (Å²) < 4.78 is 1.97. The van der Waals surface area contributed by atoms with Gasteiger partial charge in [0.25, 0.3) is 5.91 Å². The van der Waals surface area contributed by atoms with Crippen molar-refractivity contribution in [1.29, 1.82) is 0 Å². The van der Waals surface area contributed by atoms with Gasteiger partial charge < -0.3 is 9.47 Å². The number of rotatable bonds is 2. The van der Waals surface area contributed by atoms with Gasteiger partial charge in [0.15, 0.2) is 0 Å². The van der Waals surface area contributed by atoms with E-state index in [1.807, 2.05) is 45.3 Å². The van der Waals surface area contributed by atoms with Gasteiger partial charge in [0.05, 0.1) is 6.33 Å². The summed E-state index contributed by atoms with van der Waals surface area (Å²) in [7, 11) is 3.52. The van der Waals surface area contributed by atoms with Gasteiger partial charge in [-0.1, -0.05) is 47.0 Å². The quantitative estimate of drug-likeness (QED) is 0.666. The Morgan fingerprint density at radius 3 is 2.23 bits per heavy atom. The zero-order valence-corrected chi connectivity index (χ0v) is 18.2. The minimum Gasteiger partial charge on any atom is -0.343 e. The average molecular weight is 383 g/mol. The Kier molecular flexibility index (Phi) is 12.7. The number of nitrogens with zero attached hydrogens (tertiary/aromatic N) is 4. The lowest BCUT2D eigenvalue weighted by Gasteiger charge is -2.26. The van der Waals surface area contributed by atoms with Crippen molar-refractivity contribution >= 4 is 17.5 Å². The maximum Gasteiger partial charge on any atom is 0.270 e. The van der Waals surface area contributed by atoms with Gasteiger partial charge in [-0.15, -0.1) is 0 Å². The number of aryl methyl sites for hydroxylation is 1. The molecule has 1 heterocycles. The van der Waals surface area contributed by atoms with Crippen LogP contribution in [0.4, 0.5) is 0 Å². The molecule has 6 heteroatoms. The predicted molar refractivity (Wildman–Crippen MR) is 110 cm³/mol. The highest BCUT2D eigenvalue weighted by molar-refractivity contribution is 6.28. The molecule has 1 amide bonds. The number of hydrogen-bond acceptors (Lipinski definition) is 3. The Balaban J connectivity index is 0.00000146. The molecule has 1 saturated carbocycles. The standard InChI is InChI=1S/C16H23ClN4O.2C2H6/c1-12-9-14(15(22)20(2)3)21(11-19-16(17)18-10-12)13-7-5-4-6-8-13;2*1-2/h9-11,13H,4-8H2,1-3H3;2*1-2H3. The van der Waals surface area contributed by atoms with Crippen LogP contribution in [0.3, 0.4) is 0 Å². The molecule has 1 aliphatic carbocycles. The molecule has 2 rings (SSSR count). The molecule has 0 atom stereocenters. The van der Waals surface area contributed by atoms with E-state index >= 15 is 0 Å². The Hall–Kier alpha value is -1.62. The van der Waals surface area contributed by atoms with Crippen LogP contribution < -0.4 is 0 Å². The average Bonchev–Trinajstić information content (AvgIpc) is 2.75. The fraction of sp³-hybridized carbons (Fsp3) is 0.650. The zero-order chi connectivity index (χ0) is 20.1. The maximum absolute atomic E-state index is 12.6. The van der Waals surface area contributed by atoms with E-state index in [0.29, 0.717) is 5.69 Å². The smallest absolute Gasteiger partial charge is 0.270 e. The summed E-state index contributed by atoms with van der Waals surface area (Å²) in [5, 5.41) is 0.173. The molecule has 0 unspecified atom stereocenters. The minimum atomic E-state index is -0.0391. The van der Waals surface area contributed by atoms with E-state index in [1.54, 1.807) is 31.5 Å². The SMILES string of the molecule is CC.CC.Cc1cnc(Cl)ncn(C2CCCCC2)c(C(=O)N(C)C)c1. The van der Waals surface area contributed by atoms with Gasteiger partial charge >= 0.3 is 0 Å². The minimum absolute atomic E-state index is 0.0391. The first kappa shape index (κ1) is 24.4. The van der Waals surface area contributed by atoms with Crippen molar-refractivity contribution in [1.82, 2.24) is 19.4 Å². The third-order valence-corrected chi connectivity index (χ3v) is 4.09. The van der Waals surface area contributed by atoms with Gasteiger partial charge in [0.2, 0.25) is 5.28 Å². The fourth-order valence-electron chi connectivity index (χ4n) is 2.74. The van der Waals surface area contributed by atoms with Gasteiger partial charge in [0.1, 0.15) is 5.69 Å². The Morgan fingerprint density at radius 2 is 1.69 bits per heavy atom. The molecule has 0 N–H and O–H groups in total. The van der Waals surface area contributed by atoms with Gasteiger partial charge in [0, 0.05) is 26.3 Å². The largest absolute Gasteiger partial charge is 0.343 e. The Bertz CT molecular complexity index is 592. The van der Waals surface area contributed by atoms with Crippen molar-refractivity contribution < 1.29 is 4.79 Å². The number of hydrogen-bond donors (Lipinski definition) is 0. The lowest BCUT2D eigenvalue weighted by Crippen LogP contribution is -2.27. The molecule has 148 valence electrons. The second kappa shape index (κ2) is 13.6. The maximum atomic E-state index is 12.6. The van der Waals surface area contributed by atoms with Crippen molar-refractivity contribution in [2.24, 2.45) is 0 Å². The summed E-state index contributed by atoms with van der Waals surface area (Å²) in [4.78, 5) is 22.5. The topological polar surface area (TPSA) is 51.0 Å². The highest BCUT2D eigenvalue weighted by atomic mass is 35.5. The van der Waals surface area contributed by atoms with Gasteiger partial charge in [-0.25, -0.2) is 9.97 Å². The molecule has 0 spiro atoms. The molecular formula is C20H35ClN4O. The molecule has 0 aliphatic heterocycles. The number of amides is 1. The number of carbonyl (C=O) groups excluding carboxylic acids is 1. The number of aromatic nitrogens is 3. The fourth-order valence-corrected chi connectivity index (χ4v) is 2.83. The van der Waals surface area contributed by atoms with Gasteiger partial charge in [-0.05, 0) is 43.0 Å². The van der Waals surface area contributed by atoms with Crippen molar-refractivity contribution in [3.63, 3.8) is 0 Å². The van der Waals surface area contributed by atoms with Crippen LogP contribution in [0.15, 0.2) is 18.6 Å². The molecule has 0 aromatic carbocycles. The molecule has 0 saturated heterocycles. The number of carbonyl (C=O) groups is 1. The van der Waals surface area contributed by atoms with E-state index in [9.17, 15) is 4.79 Å². The number of halogens is 1. The predicted octanol–water partition coefficient (Wildman–Crippen LogP) is 5.62. The molecule has 0 radical (unpaired) electrons. The van der Waals surface area contributed by atoms with Gasteiger partial charge in [-0.3, -0.25) is 4.79 Å². The highest BCUT2D eigenvalue weighted by Gasteiger charge is 2.20. The van der Waals surface area contributed by atoms with Crippen LogP contribution in [0, 0.1) is 6.92 Å². The van der Waals surface area contributed by atoms with E-state index in [4.69, 9.17) is 11.6 Å². The molecule has 0 bridgehead atoms. The first-order valence-electron chi connectivity index (χ1n) is 9.65.